The number of likely N-dealkylation sites (tertiary alicyclic amines) is 1. The maximum Gasteiger partial charge on any atom is 0.335 e. The third-order valence-electron chi connectivity index (χ3n) is 3.56. The van der Waals surface area contributed by atoms with Crippen molar-refractivity contribution < 1.29 is 18.9 Å². The van der Waals surface area contributed by atoms with Crippen LogP contribution >= 0.6 is 0 Å². The molecule has 1 saturated heterocycles. The molecular weight excluding hydrogens is 290 g/mol. The van der Waals surface area contributed by atoms with Crippen LogP contribution in [0.5, 0.6) is 0 Å². The Morgan fingerprint density at radius 3 is 2.43 bits per heavy atom. The maximum absolute atomic E-state index is 12.2. The minimum absolute atomic E-state index is 0.0803. The molecule has 1 aromatic carbocycles. The predicted molar refractivity (Wildman–Crippen MR) is 79.7 cm³/mol. The summed E-state index contributed by atoms with van der Waals surface area (Å²) in [5.74, 6) is -1.26. The number of hydrogen-bond donors (Lipinski definition) is 1. The molecule has 6 heteroatoms. The first kappa shape index (κ1) is 15.7. The van der Waals surface area contributed by atoms with E-state index in [1.807, 2.05) is 0 Å². The average Bonchev–Trinajstić information content (AvgIpc) is 2.76. The second-order valence-electron chi connectivity index (χ2n) is 5.12. The lowest BCUT2D eigenvalue weighted by Crippen LogP contribution is -2.35. The van der Waals surface area contributed by atoms with Crippen LogP contribution in [-0.2, 0) is 15.6 Å². The summed E-state index contributed by atoms with van der Waals surface area (Å²) in [6.45, 7) is 1.45. The molecule has 114 valence electrons. The van der Waals surface area contributed by atoms with Gasteiger partial charge in [-0.2, -0.15) is 0 Å². The molecule has 1 heterocycles. The highest BCUT2D eigenvalue weighted by atomic mass is 32.2. The quantitative estimate of drug-likeness (QED) is 0.921. The SMILES string of the molecule is O=C(O)c1cccc(S(=O)CC(=O)N2CCCCCC2)c1. The van der Waals surface area contributed by atoms with E-state index in [9.17, 15) is 13.8 Å². The number of carboxylic acids is 1. The van der Waals surface area contributed by atoms with Crippen molar-refractivity contribution in [3.05, 3.63) is 29.8 Å². The van der Waals surface area contributed by atoms with Gasteiger partial charge in [-0.15, -0.1) is 0 Å². The van der Waals surface area contributed by atoms with Crippen molar-refractivity contribution in [1.29, 1.82) is 0 Å². The smallest absolute Gasteiger partial charge is 0.335 e. The van der Waals surface area contributed by atoms with E-state index >= 15 is 0 Å². The molecule has 21 heavy (non-hydrogen) atoms. The van der Waals surface area contributed by atoms with Gasteiger partial charge in [0.2, 0.25) is 5.91 Å². The van der Waals surface area contributed by atoms with Crippen LogP contribution in [0.3, 0.4) is 0 Å². The first-order valence-corrected chi connectivity index (χ1v) is 8.39. The van der Waals surface area contributed by atoms with Gasteiger partial charge in [0, 0.05) is 18.0 Å². The molecule has 1 aliphatic rings. The van der Waals surface area contributed by atoms with Crippen molar-refractivity contribution in [2.75, 3.05) is 18.8 Å². The van der Waals surface area contributed by atoms with Gasteiger partial charge in [-0.05, 0) is 31.0 Å². The van der Waals surface area contributed by atoms with Crippen molar-refractivity contribution in [1.82, 2.24) is 4.90 Å². The Balaban J connectivity index is 2.01. The van der Waals surface area contributed by atoms with Gasteiger partial charge in [0.15, 0.2) is 0 Å². The lowest BCUT2D eigenvalue weighted by molar-refractivity contribution is -0.128. The number of carbonyl (C=O) groups is 2. The van der Waals surface area contributed by atoms with E-state index in [0.29, 0.717) is 4.90 Å². The van der Waals surface area contributed by atoms with Crippen molar-refractivity contribution in [3.8, 4) is 0 Å². The fraction of sp³-hybridized carbons (Fsp3) is 0.467. The van der Waals surface area contributed by atoms with Crippen molar-refractivity contribution in [3.63, 3.8) is 0 Å². The molecule has 1 aliphatic heterocycles. The van der Waals surface area contributed by atoms with E-state index < -0.39 is 16.8 Å². The Hall–Kier alpha value is -1.69. The second-order valence-corrected chi connectivity index (χ2v) is 6.57. The van der Waals surface area contributed by atoms with Crippen molar-refractivity contribution in [2.45, 2.75) is 30.6 Å². The number of hydrogen-bond acceptors (Lipinski definition) is 3. The van der Waals surface area contributed by atoms with Crippen LogP contribution in [0.15, 0.2) is 29.2 Å². The normalized spacial score (nSPS) is 17.0. The monoisotopic (exact) mass is 309 g/mol. The molecule has 0 radical (unpaired) electrons. The van der Waals surface area contributed by atoms with E-state index in [4.69, 9.17) is 5.11 Å². The van der Waals surface area contributed by atoms with E-state index in [-0.39, 0.29) is 17.2 Å². The van der Waals surface area contributed by atoms with Gasteiger partial charge in [0.25, 0.3) is 0 Å². The molecule has 0 aromatic heterocycles. The second kappa shape index (κ2) is 7.36. The highest BCUT2D eigenvalue weighted by Crippen LogP contribution is 2.13. The van der Waals surface area contributed by atoms with Crippen molar-refractivity contribution >= 4 is 22.7 Å². The number of benzene rings is 1. The molecular formula is C15H19NO4S. The number of amides is 1. The highest BCUT2D eigenvalue weighted by Gasteiger charge is 2.19. The van der Waals surface area contributed by atoms with Crippen LogP contribution in [0.2, 0.25) is 0 Å². The summed E-state index contributed by atoms with van der Waals surface area (Å²) < 4.78 is 12.2. The summed E-state index contributed by atoms with van der Waals surface area (Å²) >= 11 is 0. The molecule has 5 nitrogen and oxygen atoms in total. The fourth-order valence-electron chi connectivity index (χ4n) is 2.38. The minimum Gasteiger partial charge on any atom is -0.478 e. The van der Waals surface area contributed by atoms with Crippen molar-refractivity contribution in [2.24, 2.45) is 0 Å². The zero-order valence-corrected chi connectivity index (χ0v) is 12.6. The summed E-state index contributed by atoms with van der Waals surface area (Å²) in [5.41, 5.74) is 0.0862. The van der Waals surface area contributed by atoms with Crippen LogP contribution < -0.4 is 0 Å². The molecule has 0 aliphatic carbocycles. The van der Waals surface area contributed by atoms with Gasteiger partial charge in [0.05, 0.1) is 16.4 Å². The minimum atomic E-state index is -1.50. The molecule has 0 bridgehead atoms. The average molecular weight is 309 g/mol. The van der Waals surface area contributed by atoms with E-state index in [1.165, 1.54) is 12.1 Å². The Kier molecular flexibility index (Phi) is 5.50. The molecule has 0 saturated carbocycles. The largest absolute Gasteiger partial charge is 0.478 e. The Morgan fingerprint density at radius 2 is 1.81 bits per heavy atom. The predicted octanol–water partition coefficient (Wildman–Crippen LogP) is 1.90. The first-order chi connectivity index (χ1) is 10.1. The van der Waals surface area contributed by atoms with Crippen LogP contribution in [0.1, 0.15) is 36.0 Å². The Bertz CT molecular complexity index is 550. The van der Waals surface area contributed by atoms with Crippen LogP contribution in [0.4, 0.5) is 0 Å². The third-order valence-corrected chi connectivity index (χ3v) is 4.85. The molecule has 2 rings (SSSR count). The standard InChI is InChI=1S/C15H19NO4S/c17-14(16-8-3-1-2-4-9-16)11-21(20)13-7-5-6-12(10-13)15(18)19/h5-7,10H,1-4,8-9,11H2,(H,18,19). The molecule has 1 amide bonds. The lowest BCUT2D eigenvalue weighted by Gasteiger charge is -2.19. The Labute approximate surface area is 126 Å². The van der Waals surface area contributed by atoms with Crippen LogP contribution in [-0.4, -0.2) is 44.9 Å². The van der Waals surface area contributed by atoms with Gasteiger partial charge in [-0.1, -0.05) is 18.9 Å². The van der Waals surface area contributed by atoms with E-state index in [0.717, 1.165) is 38.8 Å². The number of rotatable bonds is 4. The van der Waals surface area contributed by atoms with E-state index in [1.54, 1.807) is 17.0 Å². The zero-order chi connectivity index (χ0) is 15.2. The molecule has 1 fully saturated rings. The summed E-state index contributed by atoms with van der Waals surface area (Å²) in [6, 6.07) is 5.96. The molecule has 1 aromatic rings. The Morgan fingerprint density at radius 1 is 1.14 bits per heavy atom. The van der Waals surface area contributed by atoms with Gasteiger partial charge in [-0.3, -0.25) is 9.00 Å². The zero-order valence-electron chi connectivity index (χ0n) is 11.8. The molecule has 1 N–H and O–H groups in total. The van der Waals surface area contributed by atoms with Gasteiger partial charge >= 0.3 is 5.97 Å². The van der Waals surface area contributed by atoms with Gasteiger partial charge in [0.1, 0.15) is 5.75 Å². The number of nitrogens with zero attached hydrogens (tertiary/aromatic N) is 1. The molecule has 0 spiro atoms. The third kappa shape index (κ3) is 4.39. The van der Waals surface area contributed by atoms with Crippen LogP contribution in [0.25, 0.3) is 0 Å². The van der Waals surface area contributed by atoms with Gasteiger partial charge < -0.3 is 10.0 Å². The van der Waals surface area contributed by atoms with Crippen LogP contribution in [0, 0.1) is 0 Å². The van der Waals surface area contributed by atoms with E-state index in [2.05, 4.69) is 0 Å². The van der Waals surface area contributed by atoms with Gasteiger partial charge in [-0.25, -0.2) is 4.79 Å². The summed E-state index contributed by atoms with van der Waals surface area (Å²) in [7, 11) is -1.50. The molecule has 1 unspecified atom stereocenters. The maximum atomic E-state index is 12.2. The highest BCUT2D eigenvalue weighted by molar-refractivity contribution is 7.85. The topological polar surface area (TPSA) is 74.7 Å². The fourth-order valence-corrected chi connectivity index (χ4v) is 3.44. The summed E-state index contributed by atoms with van der Waals surface area (Å²) in [4.78, 5) is 25.2. The summed E-state index contributed by atoms with van der Waals surface area (Å²) in [5, 5.41) is 8.93. The number of carbonyl (C=O) groups excluding carboxylic acids is 1. The lowest BCUT2D eigenvalue weighted by atomic mass is 10.2. The first-order valence-electron chi connectivity index (χ1n) is 7.07. The molecule has 1 atom stereocenters. The summed E-state index contributed by atoms with van der Waals surface area (Å²) in [6.07, 6.45) is 4.25. The number of carboxylic acid groups (broad SMARTS) is 1. The number of aromatic carboxylic acids is 1.